The van der Waals surface area contributed by atoms with Crippen molar-refractivity contribution < 1.29 is 30.6 Å². The van der Waals surface area contributed by atoms with Gasteiger partial charge in [-0.15, -0.1) is 0 Å². The number of halogens is 3. The molecule has 0 aromatic heterocycles. The summed E-state index contributed by atoms with van der Waals surface area (Å²) in [4.78, 5) is 0. The molecule has 0 bridgehead atoms. The van der Waals surface area contributed by atoms with Gasteiger partial charge in [-0.2, -0.15) is 21.6 Å². The summed E-state index contributed by atoms with van der Waals surface area (Å²) in [5.74, 6) is 1.36. The van der Waals surface area contributed by atoms with Crippen LogP contribution >= 0.6 is 0 Å². The molecule has 4 nitrogen and oxygen atoms in total. The van der Waals surface area contributed by atoms with Crippen LogP contribution in [0.5, 0.6) is 0 Å². The van der Waals surface area contributed by atoms with Crippen LogP contribution in [0.15, 0.2) is 0 Å². The van der Waals surface area contributed by atoms with Gasteiger partial charge in [0, 0.05) is 0 Å². The molecule has 0 amide bonds. The molecule has 0 unspecified atom stereocenters. The first-order valence-electron chi connectivity index (χ1n) is 4.55. The molecule has 0 rings (SSSR count). The van der Waals surface area contributed by atoms with Gasteiger partial charge in [0.15, 0.2) is 5.75 Å². The average Bonchev–Trinajstić information content (AvgIpc) is 1.96. The minimum Gasteiger partial charge on any atom is -0.327 e. The normalized spacial score (nSPS) is 13.3. The molecular weight excluding hydrogens is 279 g/mol. The standard InChI is InChI=1S/C7H19NS.CHF3O3S/c1-8(2,3)6-7-9(4)5;2-1(3,4)8(5,6)7/h6-7H2,1-5H3;(H,5,6,7)/q+2;. The van der Waals surface area contributed by atoms with Gasteiger partial charge in [-0.1, -0.05) is 0 Å². The Labute approximate surface area is 103 Å². The topological polar surface area (TPSA) is 54.4 Å². The zero-order valence-electron chi connectivity index (χ0n) is 10.6. The number of rotatable bonds is 3. The fraction of sp³-hybridized carbons (Fsp3) is 1.00. The summed E-state index contributed by atoms with van der Waals surface area (Å²) >= 11 is 0. The molecule has 9 heteroatoms. The Hall–Kier alpha value is 0.01000. The van der Waals surface area contributed by atoms with E-state index in [9.17, 15) is 13.2 Å². The van der Waals surface area contributed by atoms with Gasteiger partial charge >= 0.3 is 15.6 Å². The molecule has 0 aliphatic rings. The summed E-state index contributed by atoms with van der Waals surface area (Å²) in [5.41, 5.74) is -5.53. The summed E-state index contributed by atoms with van der Waals surface area (Å²) in [5, 5.41) is 0. The van der Waals surface area contributed by atoms with E-state index in [-0.39, 0.29) is 0 Å². The van der Waals surface area contributed by atoms with Gasteiger partial charge in [-0.3, -0.25) is 4.55 Å². The zero-order valence-corrected chi connectivity index (χ0v) is 12.2. The monoisotopic (exact) mass is 299 g/mol. The smallest absolute Gasteiger partial charge is 0.327 e. The summed E-state index contributed by atoms with van der Waals surface area (Å²) in [7, 11) is 1.51. The summed E-state index contributed by atoms with van der Waals surface area (Å²) in [6.45, 7) is 1.30. The van der Waals surface area contributed by atoms with Crippen molar-refractivity contribution in [1.82, 2.24) is 0 Å². The van der Waals surface area contributed by atoms with E-state index in [0.717, 1.165) is 4.48 Å². The van der Waals surface area contributed by atoms with Crippen LogP contribution < -0.4 is 0 Å². The summed E-state index contributed by atoms with van der Waals surface area (Å²) in [6, 6.07) is 0. The molecular formula is C8H20F3NO3S2+2. The van der Waals surface area contributed by atoms with Crippen LogP contribution in [0.25, 0.3) is 0 Å². The molecule has 0 heterocycles. The maximum atomic E-state index is 10.7. The fourth-order valence-electron chi connectivity index (χ4n) is 0.456. The molecule has 0 spiro atoms. The molecule has 0 saturated heterocycles. The number of quaternary nitrogens is 1. The van der Waals surface area contributed by atoms with Crippen molar-refractivity contribution in [1.29, 1.82) is 0 Å². The van der Waals surface area contributed by atoms with E-state index in [4.69, 9.17) is 13.0 Å². The van der Waals surface area contributed by atoms with Gasteiger partial charge in [-0.05, 0) is 10.9 Å². The lowest BCUT2D eigenvalue weighted by Crippen LogP contribution is -2.38. The number of hydrogen-bond donors (Lipinski definition) is 1. The van der Waals surface area contributed by atoms with E-state index >= 15 is 0 Å². The van der Waals surface area contributed by atoms with Crippen LogP contribution in [-0.4, -0.2) is 68.9 Å². The largest absolute Gasteiger partial charge is 0.522 e. The van der Waals surface area contributed by atoms with Gasteiger partial charge in [0.1, 0.15) is 6.54 Å². The molecule has 17 heavy (non-hydrogen) atoms. The lowest BCUT2D eigenvalue weighted by Gasteiger charge is -2.22. The van der Waals surface area contributed by atoms with Crippen LogP contribution in [0, 0.1) is 0 Å². The molecule has 0 aromatic carbocycles. The second-order valence-electron chi connectivity index (χ2n) is 4.62. The first-order chi connectivity index (χ1) is 7.17. The van der Waals surface area contributed by atoms with E-state index in [1.807, 2.05) is 0 Å². The van der Waals surface area contributed by atoms with Crippen molar-refractivity contribution in [3.63, 3.8) is 0 Å². The molecule has 0 aromatic rings. The predicted octanol–water partition coefficient (Wildman–Crippen LogP) is 0.964. The van der Waals surface area contributed by atoms with Crippen molar-refractivity contribution >= 4 is 21.0 Å². The fourth-order valence-corrected chi connectivity index (χ4v) is 1.37. The minimum atomic E-state index is -5.84. The third-order valence-electron chi connectivity index (χ3n) is 1.46. The number of alkyl halides is 3. The van der Waals surface area contributed by atoms with Crippen molar-refractivity contribution in [3.8, 4) is 0 Å². The van der Waals surface area contributed by atoms with Gasteiger partial charge in [0.2, 0.25) is 0 Å². The molecule has 1 N–H and O–H groups in total. The number of hydrogen-bond acceptors (Lipinski definition) is 2. The molecule has 0 atom stereocenters. The van der Waals surface area contributed by atoms with E-state index in [2.05, 4.69) is 33.7 Å². The first-order valence-corrected chi connectivity index (χ1v) is 8.20. The van der Waals surface area contributed by atoms with Crippen LogP contribution in [0.4, 0.5) is 13.2 Å². The third kappa shape index (κ3) is 13.9. The second-order valence-corrected chi connectivity index (χ2v) is 8.42. The van der Waals surface area contributed by atoms with Gasteiger partial charge in [0.25, 0.3) is 0 Å². The Kier molecular flexibility index (Phi) is 7.76. The van der Waals surface area contributed by atoms with Gasteiger partial charge in [0.05, 0.1) is 33.7 Å². The molecule has 0 radical (unpaired) electrons. The van der Waals surface area contributed by atoms with Crippen LogP contribution in [0.1, 0.15) is 0 Å². The molecule has 0 aliphatic carbocycles. The third-order valence-corrected chi connectivity index (χ3v) is 3.05. The summed E-state index contributed by atoms with van der Waals surface area (Å²) in [6.07, 6.45) is 4.60. The SMILES string of the molecule is C[S+](C)CC[N+](C)(C)C.O=S(=O)(O)C(F)(F)F. The van der Waals surface area contributed by atoms with Crippen LogP contribution in [0.3, 0.4) is 0 Å². The Morgan fingerprint density at radius 2 is 1.47 bits per heavy atom. The highest BCUT2D eigenvalue weighted by Crippen LogP contribution is 2.20. The van der Waals surface area contributed by atoms with Crippen molar-refractivity contribution in [2.24, 2.45) is 0 Å². The minimum absolute atomic E-state index is 0.622. The molecule has 0 aliphatic heterocycles. The molecule has 0 fully saturated rings. The lowest BCUT2D eigenvalue weighted by atomic mass is 10.6. The van der Waals surface area contributed by atoms with Crippen molar-refractivity contribution in [2.75, 3.05) is 46.0 Å². The van der Waals surface area contributed by atoms with E-state index in [1.54, 1.807) is 0 Å². The Morgan fingerprint density at radius 1 is 1.18 bits per heavy atom. The Morgan fingerprint density at radius 3 is 1.53 bits per heavy atom. The van der Waals surface area contributed by atoms with E-state index in [1.165, 1.54) is 12.3 Å². The molecule has 106 valence electrons. The maximum absolute atomic E-state index is 10.7. The number of nitrogens with zero attached hydrogens (tertiary/aromatic N) is 1. The van der Waals surface area contributed by atoms with E-state index < -0.39 is 15.6 Å². The Balaban J connectivity index is 0. The van der Waals surface area contributed by atoms with E-state index in [0.29, 0.717) is 10.9 Å². The van der Waals surface area contributed by atoms with Gasteiger partial charge in [-0.25, -0.2) is 0 Å². The van der Waals surface area contributed by atoms with Crippen LogP contribution in [-0.2, 0) is 21.0 Å². The first kappa shape index (κ1) is 19.4. The zero-order chi connectivity index (χ0) is 14.5. The maximum Gasteiger partial charge on any atom is 0.522 e. The summed E-state index contributed by atoms with van der Waals surface area (Å²) < 4.78 is 58.6. The molecule has 0 saturated carbocycles. The highest BCUT2D eigenvalue weighted by Gasteiger charge is 2.44. The highest BCUT2D eigenvalue weighted by molar-refractivity contribution is 7.95. The van der Waals surface area contributed by atoms with Gasteiger partial charge < -0.3 is 4.48 Å². The van der Waals surface area contributed by atoms with Crippen molar-refractivity contribution in [3.05, 3.63) is 0 Å². The highest BCUT2D eigenvalue weighted by atomic mass is 32.2. The van der Waals surface area contributed by atoms with Crippen LogP contribution in [0.2, 0.25) is 0 Å². The second kappa shape index (κ2) is 6.81. The predicted molar refractivity (Wildman–Crippen MR) is 64.6 cm³/mol. The lowest BCUT2D eigenvalue weighted by molar-refractivity contribution is -0.867. The Bertz CT molecular complexity index is 307. The average molecular weight is 299 g/mol. The van der Waals surface area contributed by atoms with Crippen molar-refractivity contribution in [2.45, 2.75) is 5.51 Å². The quantitative estimate of drug-likeness (QED) is 0.366.